The first-order chi connectivity index (χ1) is 21.9. The van der Waals surface area contributed by atoms with Crippen LogP contribution in [-0.2, 0) is 85.7 Å². The summed E-state index contributed by atoms with van der Waals surface area (Å²) in [6.07, 6.45) is -12.5. The Hall–Kier alpha value is -3.97. The molecule has 0 aromatic carbocycles. The Morgan fingerprint density at radius 1 is 0.468 bits per heavy atom. The van der Waals surface area contributed by atoms with E-state index in [1.54, 1.807) is 0 Å². The van der Waals surface area contributed by atoms with Crippen molar-refractivity contribution in [2.24, 2.45) is 0 Å². The Morgan fingerprint density at radius 2 is 0.872 bits per heavy atom. The lowest BCUT2D eigenvalue weighted by Crippen LogP contribution is -2.66. The highest BCUT2D eigenvalue weighted by atomic mass is 32.2. The van der Waals surface area contributed by atoms with E-state index in [0.29, 0.717) is 0 Å². The Kier molecular flexibility index (Phi) is 14.9. The van der Waals surface area contributed by atoms with Gasteiger partial charge in [0, 0.05) is 55.4 Å². The van der Waals surface area contributed by atoms with Crippen molar-refractivity contribution in [2.45, 2.75) is 115 Å². The minimum absolute atomic E-state index is 0.432. The minimum Gasteiger partial charge on any atom is -0.465 e. The topological polar surface area (TPSA) is 229 Å². The van der Waals surface area contributed by atoms with Crippen LogP contribution in [0.5, 0.6) is 0 Å². The number of rotatable bonds is 12. The van der Waals surface area contributed by atoms with Crippen LogP contribution in [0, 0.1) is 0 Å². The van der Waals surface area contributed by atoms with Crippen molar-refractivity contribution in [3.05, 3.63) is 0 Å². The maximum absolute atomic E-state index is 12.3. The molecule has 47 heavy (non-hydrogen) atoms. The van der Waals surface area contributed by atoms with E-state index < -0.39 is 121 Å². The fraction of sp³-hybridized carbons (Fsp3) is 0.714. The molecule has 0 bridgehead atoms. The quantitative estimate of drug-likeness (QED) is 0.192. The molecule has 2 rings (SSSR count). The second-order valence-corrected chi connectivity index (χ2v) is 11.6. The first-order valence-corrected chi connectivity index (χ1v) is 15.1. The van der Waals surface area contributed by atoms with Gasteiger partial charge in [0.15, 0.2) is 42.2 Å². The lowest BCUT2D eigenvalue weighted by atomic mass is 9.97. The number of carbonyl (C=O) groups is 8. The summed E-state index contributed by atoms with van der Waals surface area (Å²) in [7, 11) is 0. The molecule has 0 N–H and O–H groups in total. The third-order valence-corrected chi connectivity index (χ3v) is 7.55. The fourth-order valence-corrected chi connectivity index (χ4v) is 6.15. The normalized spacial score (nSPS) is 30.0. The predicted molar refractivity (Wildman–Crippen MR) is 152 cm³/mol. The van der Waals surface area contributed by atoms with Gasteiger partial charge in [-0.05, 0) is 0 Å². The average molecular weight is 695 g/mol. The summed E-state index contributed by atoms with van der Waals surface area (Å²) in [4.78, 5) is 96.5. The highest BCUT2D eigenvalue weighted by Crippen LogP contribution is 2.41. The number of thioether (sulfide) groups is 1. The van der Waals surface area contributed by atoms with Crippen LogP contribution in [0.4, 0.5) is 0 Å². The Morgan fingerprint density at radius 3 is 1.34 bits per heavy atom. The van der Waals surface area contributed by atoms with Crippen LogP contribution in [0.1, 0.15) is 55.4 Å². The average Bonchev–Trinajstić information content (AvgIpc) is 2.91. The molecular formula is C28H38O18S. The third kappa shape index (κ3) is 12.3. The lowest BCUT2D eigenvalue weighted by Gasteiger charge is -2.48. The van der Waals surface area contributed by atoms with Crippen molar-refractivity contribution < 1.29 is 85.7 Å². The molecule has 264 valence electrons. The highest BCUT2D eigenvalue weighted by Gasteiger charge is 2.57. The summed E-state index contributed by atoms with van der Waals surface area (Å²) < 4.78 is 55.1. The molecule has 2 heterocycles. The van der Waals surface area contributed by atoms with Crippen LogP contribution in [0.25, 0.3) is 0 Å². The summed E-state index contributed by atoms with van der Waals surface area (Å²) in [5.41, 5.74) is -1.29. The van der Waals surface area contributed by atoms with Gasteiger partial charge in [-0.3, -0.25) is 38.4 Å². The van der Waals surface area contributed by atoms with E-state index >= 15 is 0 Å². The van der Waals surface area contributed by atoms with Gasteiger partial charge in [0.25, 0.3) is 0 Å². The summed E-state index contributed by atoms with van der Waals surface area (Å²) in [5, 5.41) is -1.05. The maximum atomic E-state index is 12.3. The van der Waals surface area contributed by atoms with Crippen molar-refractivity contribution in [1.29, 1.82) is 0 Å². The number of ether oxygens (including phenoxy) is 10. The largest absolute Gasteiger partial charge is 0.465 e. The van der Waals surface area contributed by atoms with Gasteiger partial charge >= 0.3 is 47.8 Å². The zero-order valence-corrected chi connectivity index (χ0v) is 27.8. The molecule has 0 aromatic rings. The zero-order chi connectivity index (χ0) is 35.6. The van der Waals surface area contributed by atoms with Gasteiger partial charge in [-0.15, -0.1) is 11.8 Å². The number of hydrogen-bond donors (Lipinski definition) is 0. The number of esters is 8. The lowest BCUT2D eigenvalue weighted by molar-refractivity contribution is -0.325. The molecule has 2 aliphatic heterocycles. The molecule has 0 radical (unpaired) electrons. The molecule has 0 aliphatic carbocycles. The Bertz CT molecular complexity index is 1200. The molecule has 19 heteroatoms. The van der Waals surface area contributed by atoms with E-state index in [0.717, 1.165) is 67.2 Å². The molecule has 0 aromatic heterocycles. The summed E-state index contributed by atoms with van der Waals surface area (Å²) in [5.74, 6) is -6.66. The van der Waals surface area contributed by atoms with Gasteiger partial charge in [-0.1, -0.05) is 0 Å². The van der Waals surface area contributed by atoms with E-state index in [4.69, 9.17) is 47.4 Å². The van der Waals surface area contributed by atoms with Gasteiger partial charge in [0.1, 0.15) is 25.4 Å². The molecule has 0 amide bonds. The van der Waals surface area contributed by atoms with Crippen LogP contribution >= 0.6 is 11.8 Å². The highest BCUT2D eigenvalue weighted by molar-refractivity contribution is 8.00. The van der Waals surface area contributed by atoms with Crippen molar-refractivity contribution in [3.63, 3.8) is 0 Å². The Balaban J connectivity index is 2.73. The van der Waals surface area contributed by atoms with Gasteiger partial charge in [-0.2, -0.15) is 0 Å². The van der Waals surface area contributed by atoms with Crippen LogP contribution < -0.4 is 0 Å². The third-order valence-electron chi connectivity index (χ3n) is 6.17. The van der Waals surface area contributed by atoms with Gasteiger partial charge in [0.05, 0.1) is 5.25 Å². The van der Waals surface area contributed by atoms with Crippen molar-refractivity contribution in [3.8, 4) is 0 Å². The van der Waals surface area contributed by atoms with Gasteiger partial charge in [-0.25, -0.2) is 0 Å². The van der Waals surface area contributed by atoms with E-state index in [-0.39, 0.29) is 0 Å². The van der Waals surface area contributed by atoms with Crippen LogP contribution in [0.15, 0.2) is 0 Å². The molecular weight excluding hydrogens is 656 g/mol. The second kappa shape index (κ2) is 17.8. The van der Waals surface area contributed by atoms with Crippen molar-refractivity contribution in [1.82, 2.24) is 0 Å². The SMILES string of the molecule is CC(=O)OC[C@@H]1S[C@H](OC(C)=O)[C@H](OC(C)=O)[C@@H](OC(C)=O)[C@@H]1O[C@@H]1O[C@H](COC(C)=O)[C@@H](OC(C)=O)[C@H](OC(C)=O)[C@H]1OC(C)=O. The second-order valence-electron chi connectivity index (χ2n) is 10.3. The summed E-state index contributed by atoms with van der Waals surface area (Å²) in [6, 6.07) is 0. The summed E-state index contributed by atoms with van der Waals surface area (Å²) >= 11 is 0.829. The molecule has 18 nitrogen and oxygen atoms in total. The maximum Gasteiger partial charge on any atom is 0.303 e. The molecule has 0 saturated carbocycles. The first kappa shape index (κ1) is 39.2. The van der Waals surface area contributed by atoms with Crippen LogP contribution in [0.3, 0.4) is 0 Å². The van der Waals surface area contributed by atoms with E-state index in [1.165, 1.54) is 0 Å². The van der Waals surface area contributed by atoms with Crippen LogP contribution in [0.2, 0.25) is 0 Å². The molecule has 2 aliphatic rings. The zero-order valence-electron chi connectivity index (χ0n) is 26.9. The van der Waals surface area contributed by atoms with Gasteiger partial charge in [0.2, 0.25) is 0 Å². The van der Waals surface area contributed by atoms with E-state index in [1.807, 2.05) is 0 Å². The summed E-state index contributed by atoms with van der Waals surface area (Å²) in [6.45, 7) is 7.52. The predicted octanol–water partition coefficient (Wildman–Crippen LogP) is -0.114. The van der Waals surface area contributed by atoms with Crippen molar-refractivity contribution in [2.75, 3.05) is 13.2 Å². The van der Waals surface area contributed by atoms with Crippen molar-refractivity contribution >= 4 is 59.5 Å². The Labute approximate surface area is 273 Å². The standard InChI is InChI=1S/C28H38O18S/c1-11(29)37-9-19-21(39-13(3)31)23(40-14(4)32)25(42-16(6)34)27(45-19)46-22-20(10-38-12(2)30)47-28(44-18(8)36)26(43-17(7)35)24(22)41-15(5)33/h19-28H,9-10H2,1-8H3/t19-,20+,21-,22-,23+,24+,25-,26-,27+,28+/m1/s1. The van der Waals surface area contributed by atoms with E-state index in [2.05, 4.69) is 0 Å². The molecule has 2 fully saturated rings. The molecule has 2 saturated heterocycles. The molecule has 0 unspecified atom stereocenters. The smallest absolute Gasteiger partial charge is 0.303 e. The molecule has 10 atom stereocenters. The number of carbonyl (C=O) groups excluding carboxylic acids is 8. The fourth-order valence-electron chi connectivity index (χ4n) is 4.73. The van der Waals surface area contributed by atoms with Crippen LogP contribution in [-0.4, -0.2) is 121 Å². The number of hydrogen-bond acceptors (Lipinski definition) is 19. The minimum atomic E-state index is -1.76. The monoisotopic (exact) mass is 694 g/mol. The van der Waals surface area contributed by atoms with Gasteiger partial charge < -0.3 is 47.4 Å². The van der Waals surface area contributed by atoms with E-state index in [9.17, 15) is 38.4 Å². The molecule has 0 spiro atoms. The first-order valence-electron chi connectivity index (χ1n) is 14.2.